The van der Waals surface area contributed by atoms with Crippen LogP contribution in [0.5, 0.6) is 5.75 Å². The van der Waals surface area contributed by atoms with Crippen molar-refractivity contribution in [2.45, 2.75) is 12.3 Å². The van der Waals surface area contributed by atoms with Gasteiger partial charge in [-0.05, 0) is 35.6 Å². The highest BCUT2D eigenvalue weighted by atomic mass is 16.5. The van der Waals surface area contributed by atoms with E-state index in [0.717, 1.165) is 12.2 Å². The van der Waals surface area contributed by atoms with Crippen molar-refractivity contribution < 1.29 is 4.74 Å². The van der Waals surface area contributed by atoms with Crippen LogP contribution in [0.4, 0.5) is 0 Å². The molecule has 0 bridgehead atoms. The molecule has 1 saturated carbocycles. The second kappa shape index (κ2) is 5.88. The molecule has 1 aliphatic rings. The monoisotopic (exact) mass is 288 g/mol. The standard InChI is InChI=1S/C20H21BO/c1-3-20(12-11-15-7-5-4-6-8-15)14-18(20)17-13-16(22-2)9-10-19(17)21/h3-13,18H,1,14,21H2,2H3/b12-11+/t18-,20-/m0/s1. The van der Waals surface area contributed by atoms with Gasteiger partial charge in [0.2, 0.25) is 0 Å². The lowest BCUT2D eigenvalue weighted by molar-refractivity contribution is 0.414. The predicted molar refractivity (Wildman–Crippen MR) is 96.6 cm³/mol. The van der Waals surface area contributed by atoms with E-state index in [0.29, 0.717) is 5.92 Å². The van der Waals surface area contributed by atoms with E-state index >= 15 is 0 Å². The quantitative estimate of drug-likeness (QED) is 0.606. The first-order chi connectivity index (χ1) is 10.7. The zero-order chi connectivity index (χ0) is 15.6. The van der Waals surface area contributed by atoms with Gasteiger partial charge in [0, 0.05) is 5.41 Å². The minimum atomic E-state index is 0.0764. The maximum absolute atomic E-state index is 5.38. The summed E-state index contributed by atoms with van der Waals surface area (Å²) in [7, 11) is 3.89. The van der Waals surface area contributed by atoms with Crippen LogP contribution >= 0.6 is 0 Å². The fraction of sp³-hybridized carbons (Fsp3) is 0.200. The minimum absolute atomic E-state index is 0.0764. The van der Waals surface area contributed by atoms with Crippen molar-refractivity contribution >= 4 is 19.4 Å². The van der Waals surface area contributed by atoms with Gasteiger partial charge in [-0.2, -0.15) is 0 Å². The molecular weight excluding hydrogens is 267 g/mol. The van der Waals surface area contributed by atoms with Gasteiger partial charge in [-0.15, -0.1) is 6.58 Å². The molecule has 2 aromatic rings. The number of hydrogen-bond acceptors (Lipinski definition) is 1. The number of benzene rings is 2. The van der Waals surface area contributed by atoms with Crippen molar-refractivity contribution in [1.82, 2.24) is 0 Å². The molecule has 2 atom stereocenters. The summed E-state index contributed by atoms with van der Waals surface area (Å²) < 4.78 is 5.38. The zero-order valence-corrected chi connectivity index (χ0v) is 13.3. The molecule has 1 aliphatic carbocycles. The van der Waals surface area contributed by atoms with Crippen LogP contribution in [0.15, 0.2) is 67.3 Å². The highest BCUT2D eigenvalue weighted by Crippen LogP contribution is 2.61. The third-order valence-corrected chi connectivity index (χ3v) is 4.67. The summed E-state index contributed by atoms with van der Waals surface area (Å²) in [5.74, 6) is 1.43. The SMILES string of the molecule is Bc1ccc(OC)cc1[C@@H]1C[C@]1(C=C)/C=C/c1ccccc1. The largest absolute Gasteiger partial charge is 0.497 e. The molecule has 0 radical (unpaired) electrons. The van der Waals surface area contributed by atoms with Crippen LogP contribution < -0.4 is 10.2 Å². The fourth-order valence-corrected chi connectivity index (χ4v) is 3.11. The zero-order valence-electron chi connectivity index (χ0n) is 13.3. The fourth-order valence-electron chi connectivity index (χ4n) is 3.11. The van der Waals surface area contributed by atoms with Crippen LogP contribution in [0.1, 0.15) is 23.5 Å². The molecule has 3 rings (SSSR count). The second-order valence-electron chi connectivity index (χ2n) is 6.04. The Hall–Kier alpha value is -2.22. The van der Waals surface area contributed by atoms with Crippen molar-refractivity contribution in [1.29, 1.82) is 0 Å². The summed E-state index contributed by atoms with van der Waals surface area (Å²) in [5, 5.41) is 0. The summed E-state index contributed by atoms with van der Waals surface area (Å²) in [6, 6.07) is 16.8. The van der Waals surface area contributed by atoms with Crippen LogP contribution in [-0.2, 0) is 0 Å². The number of rotatable bonds is 5. The van der Waals surface area contributed by atoms with Crippen LogP contribution in [0.25, 0.3) is 6.08 Å². The molecule has 0 heterocycles. The Balaban J connectivity index is 1.86. The Labute approximate surface area is 133 Å². The van der Waals surface area contributed by atoms with E-state index in [9.17, 15) is 0 Å². The van der Waals surface area contributed by atoms with Gasteiger partial charge < -0.3 is 4.74 Å². The van der Waals surface area contributed by atoms with Crippen molar-refractivity contribution in [2.24, 2.45) is 5.41 Å². The smallest absolute Gasteiger partial charge is 0.139 e. The van der Waals surface area contributed by atoms with Gasteiger partial charge in [-0.3, -0.25) is 0 Å². The highest BCUT2D eigenvalue weighted by molar-refractivity contribution is 6.33. The summed E-state index contributed by atoms with van der Waals surface area (Å²) in [6.45, 7) is 4.07. The third-order valence-electron chi connectivity index (χ3n) is 4.67. The Kier molecular flexibility index (Phi) is 3.93. The van der Waals surface area contributed by atoms with E-state index in [2.05, 4.69) is 69.1 Å². The number of methoxy groups -OCH3 is 1. The number of hydrogen-bond donors (Lipinski definition) is 0. The molecule has 2 aromatic carbocycles. The maximum Gasteiger partial charge on any atom is 0.139 e. The molecule has 22 heavy (non-hydrogen) atoms. The lowest BCUT2D eigenvalue weighted by Crippen LogP contribution is -2.11. The van der Waals surface area contributed by atoms with Crippen LogP contribution in [0, 0.1) is 5.41 Å². The summed E-state index contributed by atoms with van der Waals surface area (Å²) in [5.41, 5.74) is 4.00. The van der Waals surface area contributed by atoms with E-state index in [4.69, 9.17) is 4.74 Å². The molecule has 0 N–H and O–H groups in total. The second-order valence-corrected chi connectivity index (χ2v) is 6.04. The summed E-state index contributed by atoms with van der Waals surface area (Å²) in [4.78, 5) is 0. The van der Waals surface area contributed by atoms with E-state index in [-0.39, 0.29) is 5.41 Å². The van der Waals surface area contributed by atoms with E-state index in [1.807, 2.05) is 12.1 Å². The Morgan fingerprint density at radius 2 is 2.00 bits per heavy atom. The van der Waals surface area contributed by atoms with Gasteiger partial charge in [0.25, 0.3) is 0 Å². The molecule has 0 spiro atoms. The van der Waals surface area contributed by atoms with Crippen molar-refractivity contribution in [3.8, 4) is 5.75 Å². The molecule has 0 aromatic heterocycles. The normalized spacial score (nSPS) is 23.4. The van der Waals surface area contributed by atoms with Crippen molar-refractivity contribution in [3.05, 3.63) is 78.4 Å². The molecule has 0 amide bonds. The van der Waals surface area contributed by atoms with Crippen LogP contribution in [0.3, 0.4) is 0 Å². The summed E-state index contributed by atoms with van der Waals surface area (Å²) in [6.07, 6.45) is 7.72. The lowest BCUT2D eigenvalue weighted by Gasteiger charge is -2.11. The molecule has 2 heteroatoms. The van der Waals surface area contributed by atoms with Gasteiger partial charge in [-0.1, -0.05) is 60.1 Å². The Bertz CT molecular complexity index is 705. The lowest BCUT2D eigenvalue weighted by atomic mass is 9.85. The maximum atomic E-state index is 5.38. The van der Waals surface area contributed by atoms with Gasteiger partial charge in [-0.25, -0.2) is 0 Å². The molecule has 0 aliphatic heterocycles. The van der Waals surface area contributed by atoms with Gasteiger partial charge in [0.05, 0.1) is 7.11 Å². The molecule has 1 nitrogen and oxygen atoms in total. The average Bonchev–Trinajstić information content (AvgIpc) is 3.29. The van der Waals surface area contributed by atoms with Gasteiger partial charge >= 0.3 is 0 Å². The predicted octanol–water partition coefficient (Wildman–Crippen LogP) is 3.33. The van der Waals surface area contributed by atoms with E-state index < -0.39 is 0 Å². The molecular formula is C20H21BO. The molecule has 0 unspecified atom stereocenters. The van der Waals surface area contributed by atoms with Crippen molar-refractivity contribution in [3.63, 3.8) is 0 Å². The Morgan fingerprint density at radius 1 is 1.23 bits per heavy atom. The topological polar surface area (TPSA) is 9.23 Å². The minimum Gasteiger partial charge on any atom is -0.497 e. The Morgan fingerprint density at radius 3 is 2.68 bits per heavy atom. The van der Waals surface area contributed by atoms with Gasteiger partial charge in [0.1, 0.15) is 13.6 Å². The first-order valence-corrected chi connectivity index (χ1v) is 7.71. The number of allylic oxidation sites excluding steroid dienone is 2. The third kappa shape index (κ3) is 2.74. The van der Waals surface area contributed by atoms with E-state index in [1.54, 1.807) is 7.11 Å². The van der Waals surface area contributed by atoms with Gasteiger partial charge in [0.15, 0.2) is 0 Å². The first-order valence-electron chi connectivity index (χ1n) is 7.71. The molecule has 110 valence electrons. The van der Waals surface area contributed by atoms with Crippen molar-refractivity contribution in [2.75, 3.05) is 7.11 Å². The molecule has 1 fully saturated rings. The first kappa shape index (κ1) is 14.7. The van der Waals surface area contributed by atoms with E-state index in [1.165, 1.54) is 16.6 Å². The summed E-state index contributed by atoms with van der Waals surface area (Å²) >= 11 is 0. The van der Waals surface area contributed by atoms with Crippen LogP contribution in [-0.4, -0.2) is 15.0 Å². The highest BCUT2D eigenvalue weighted by Gasteiger charge is 2.50. The molecule has 0 saturated heterocycles. The van der Waals surface area contributed by atoms with Crippen LogP contribution in [0.2, 0.25) is 0 Å². The number of ether oxygens (including phenoxy) is 1. The average molecular weight is 288 g/mol.